The summed E-state index contributed by atoms with van der Waals surface area (Å²) in [6, 6.07) is 20.9. The van der Waals surface area contributed by atoms with Crippen molar-refractivity contribution in [3.05, 3.63) is 113 Å². The van der Waals surface area contributed by atoms with Crippen molar-refractivity contribution in [2.24, 2.45) is 22.9 Å². The van der Waals surface area contributed by atoms with Crippen LogP contribution >= 0.6 is 0 Å². The zero-order valence-electron chi connectivity index (χ0n) is 33.6. The third-order valence-corrected chi connectivity index (χ3v) is 11.5. The number of allylic oxidation sites excluding steroid dienone is 1. The van der Waals surface area contributed by atoms with E-state index in [1.54, 1.807) is 48.5 Å². The first-order valence-electron chi connectivity index (χ1n) is 20.6. The number of fused-ring (bicyclic) bond motifs is 2. The Kier molecular flexibility index (Phi) is 14.5. The molecule has 1 amide bonds. The number of ether oxygens (including phenoxy) is 3. The second-order valence-electron chi connectivity index (χ2n) is 15.2. The average Bonchev–Trinajstić information content (AvgIpc) is 3.25. The summed E-state index contributed by atoms with van der Waals surface area (Å²) in [7, 11) is 0. The van der Waals surface area contributed by atoms with E-state index in [-0.39, 0.29) is 49.9 Å². The molecule has 0 bridgehead atoms. The molecule has 3 aromatic carbocycles. The molecule has 306 valence electrons. The van der Waals surface area contributed by atoms with E-state index in [0.29, 0.717) is 66.4 Å². The van der Waals surface area contributed by atoms with Gasteiger partial charge in [-0.15, -0.1) is 6.58 Å². The van der Waals surface area contributed by atoms with E-state index in [0.717, 1.165) is 48.8 Å². The molecule has 1 aliphatic heterocycles. The van der Waals surface area contributed by atoms with Crippen molar-refractivity contribution in [3.8, 4) is 23.3 Å². The summed E-state index contributed by atoms with van der Waals surface area (Å²) in [5.74, 6) is -0.470. The number of oxime groups is 1. The van der Waals surface area contributed by atoms with Gasteiger partial charge in [-0.2, -0.15) is 5.26 Å². The summed E-state index contributed by atoms with van der Waals surface area (Å²) in [6.45, 7) is 9.01. The van der Waals surface area contributed by atoms with E-state index < -0.39 is 17.7 Å². The molecule has 1 saturated carbocycles. The molecule has 3 aliphatic rings. The highest BCUT2D eigenvalue weighted by molar-refractivity contribution is 6.03. The standard InChI is InChI=1S/C47H55N3O8/c1-4-22-50(46(54)34-18-16-32(30-48)17-19-34)43-29-41(49-56-6-3)39-27-35(13-7-9-23-51)38(15-8-10-24-52)44-40-28-37(57-36-14-11-12-33(26-36)31-53)20-21-42(40)58-47(43,45(39)44)55-25-5-2/h5,11-12,14,16-21,26-28,31,35,38,43-45,51-52H,2,4,6-10,13,15,22-25,29H2,1,3H3. The van der Waals surface area contributed by atoms with Crippen LogP contribution in [0.25, 0.3) is 0 Å². The molecule has 11 nitrogen and oxygen atoms in total. The normalized spacial score (nSPS) is 23.7. The molecule has 58 heavy (non-hydrogen) atoms. The van der Waals surface area contributed by atoms with E-state index in [1.165, 1.54) is 0 Å². The summed E-state index contributed by atoms with van der Waals surface area (Å²) in [5, 5.41) is 34.0. The Labute approximate surface area is 341 Å². The lowest BCUT2D eigenvalue weighted by atomic mass is 9.55. The SMILES string of the molecule is C=CCOC12Oc3ccc(Oc4cccc(C=O)c4)cc3C3C(CCCCO)C(CCCCO)C=C(C(=NOCC)CC1N(CCC)C(=O)c1ccc(C#N)cc1)C32. The topological polar surface area (TPSA) is 151 Å². The number of hydrogen-bond donors (Lipinski definition) is 2. The fraction of sp³-hybridized carbons (Fsp3) is 0.447. The van der Waals surface area contributed by atoms with Crippen LogP contribution in [-0.4, -0.2) is 77.8 Å². The van der Waals surface area contributed by atoms with Gasteiger partial charge >= 0.3 is 0 Å². The molecule has 0 radical (unpaired) electrons. The lowest BCUT2D eigenvalue weighted by Crippen LogP contribution is -2.70. The number of rotatable bonds is 20. The van der Waals surface area contributed by atoms with E-state index in [4.69, 9.17) is 24.2 Å². The predicted octanol–water partition coefficient (Wildman–Crippen LogP) is 8.37. The van der Waals surface area contributed by atoms with Crippen LogP contribution in [0.1, 0.15) is 103 Å². The van der Waals surface area contributed by atoms with Gasteiger partial charge < -0.3 is 34.2 Å². The Bertz CT molecular complexity index is 2010. The van der Waals surface area contributed by atoms with Gasteiger partial charge in [-0.05, 0) is 111 Å². The van der Waals surface area contributed by atoms with Gasteiger partial charge in [-0.1, -0.05) is 49.2 Å². The molecule has 0 spiro atoms. The lowest BCUT2D eigenvalue weighted by Gasteiger charge is -2.60. The largest absolute Gasteiger partial charge is 0.459 e. The van der Waals surface area contributed by atoms with E-state index in [9.17, 15) is 25.1 Å². The summed E-state index contributed by atoms with van der Waals surface area (Å²) >= 11 is 0. The molecule has 6 unspecified atom stereocenters. The van der Waals surface area contributed by atoms with E-state index in [1.807, 2.05) is 43.0 Å². The van der Waals surface area contributed by atoms with Crippen molar-refractivity contribution >= 4 is 17.9 Å². The number of aliphatic hydroxyl groups excluding tert-OH is 2. The summed E-state index contributed by atoms with van der Waals surface area (Å²) in [6.07, 6.45) is 10.3. The zero-order chi connectivity index (χ0) is 41.1. The van der Waals surface area contributed by atoms with Crippen LogP contribution in [0.4, 0.5) is 0 Å². The summed E-state index contributed by atoms with van der Waals surface area (Å²) < 4.78 is 20.8. The smallest absolute Gasteiger partial charge is 0.254 e. The Balaban J connectivity index is 1.59. The van der Waals surface area contributed by atoms with Crippen molar-refractivity contribution in [2.45, 2.75) is 83.0 Å². The van der Waals surface area contributed by atoms with Crippen molar-refractivity contribution in [2.75, 3.05) is 33.0 Å². The average molecular weight is 790 g/mol. The van der Waals surface area contributed by atoms with Gasteiger partial charge in [0.15, 0.2) is 0 Å². The fourth-order valence-electron chi connectivity index (χ4n) is 9.13. The molecule has 2 aliphatic carbocycles. The minimum Gasteiger partial charge on any atom is -0.459 e. The number of nitriles is 1. The van der Waals surface area contributed by atoms with Crippen molar-refractivity contribution in [1.29, 1.82) is 5.26 Å². The molecule has 0 saturated heterocycles. The van der Waals surface area contributed by atoms with Gasteiger partial charge in [-0.3, -0.25) is 9.59 Å². The molecule has 1 fully saturated rings. The Morgan fingerprint density at radius 3 is 2.48 bits per heavy atom. The van der Waals surface area contributed by atoms with Gasteiger partial charge in [0.1, 0.15) is 36.2 Å². The lowest BCUT2D eigenvalue weighted by molar-refractivity contribution is -0.254. The fourth-order valence-corrected chi connectivity index (χ4v) is 9.13. The second kappa shape index (κ2) is 19.9. The predicted molar refractivity (Wildman–Crippen MR) is 221 cm³/mol. The van der Waals surface area contributed by atoms with Crippen LogP contribution in [0.3, 0.4) is 0 Å². The molecule has 11 heteroatoms. The Hall–Kier alpha value is -5.28. The summed E-state index contributed by atoms with van der Waals surface area (Å²) in [5.41, 5.74) is 4.00. The maximum Gasteiger partial charge on any atom is 0.254 e. The van der Waals surface area contributed by atoms with Crippen molar-refractivity contribution < 1.29 is 38.9 Å². The van der Waals surface area contributed by atoms with Crippen LogP contribution in [0.15, 0.2) is 96.2 Å². The zero-order valence-corrected chi connectivity index (χ0v) is 33.6. The maximum absolute atomic E-state index is 14.8. The number of unbranched alkanes of at least 4 members (excludes halogenated alkanes) is 2. The molecule has 0 aromatic heterocycles. The first-order valence-corrected chi connectivity index (χ1v) is 20.6. The van der Waals surface area contributed by atoms with Gasteiger partial charge in [0.25, 0.3) is 5.91 Å². The number of aliphatic hydroxyl groups is 2. The molecular formula is C47H55N3O8. The van der Waals surface area contributed by atoms with Crippen molar-refractivity contribution in [1.82, 2.24) is 4.90 Å². The number of amides is 1. The third kappa shape index (κ3) is 8.90. The number of nitrogens with zero attached hydrogens (tertiary/aromatic N) is 3. The number of aldehydes is 1. The third-order valence-electron chi connectivity index (χ3n) is 11.5. The van der Waals surface area contributed by atoms with E-state index in [2.05, 4.69) is 18.7 Å². The highest BCUT2D eigenvalue weighted by Gasteiger charge is 2.65. The van der Waals surface area contributed by atoms with Crippen molar-refractivity contribution in [3.63, 3.8) is 0 Å². The Morgan fingerprint density at radius 1 is 1.03 bits per heavy atom. The number of carbonyl (C=O) groups is 2. The van der Waals surface area contributed by atoms with Crippen LogP contribution in [0.5, 0.6) is 17.2 Å². The van der Waals surface area contributed by atoms with Crippen LogP contribution in [-0.2, 0) is 9.57 Å². The number of hydrogen-bond acceptors (Lipinski definition) is 10. The van der Waals surface area contributed by atoms with Gasteiger partial charge in [-0.25, -0.2) is 0 Å². The quantitative estimate of drug-likeness (QED) is 0.0498. The molecule has 2 N–H and O–H groups in total. The van der Waals surface area contributed by atoms with E-state index >= 15 is 0 Å². The van der Waals surface area contributed by atoms with Gasteiger partial charge in [0.2, 0.25) is 5.79 Å². The van der Waals surface area contributed by atoms with Crippen LogP contribution < -0.4 is 9.47 Å². The van der Waals surface area contributed by atoms with Crippen LogP contribution in [0.2, 0.25) is 0 Å². The van der Waals surface area contributed by atoms with Crippen LogP contribution in [0, 0.1) is 29.1 Å². The van der Waals surface area contributed by atoms with Gasteiger partial charge in [0.05, 0.1) is 29.9 Å². The second-order valence-corrected chi connectivity index (χ2v) is 15.2. The highest BCUT2D eigenvalue weighted by Crippen LogP contribution is 2.62. The monoisotopic (exact) mass is 789 g/mol. The molecule has 6 atom stereocenters. The summed E-state index contributed by atoms with van der Waals surface area (Å²) in [4.78, 5) is 34.1. The minimum atomic E-state index is -1.40. The number of carbonyl (C=O) groups excluding carboxylic acids is 2. The molecule has 1 heterocycles. The highest BCUT2D eigenvalue weighted by atomic mass is 16.7. The molecule has 6 rings (SSSR count). The molecule has 3 aromatic rings. The first-order chi connectivity index (χ1) is 28.4. The molecular weight excluding hydrogens is 735 g/mol. The maximum atomic E-state index is 14.8. The Morgan fingerprint density at radius 2 is 1.79 bits per heavy atom. The first kappa shape index (κ1) is 42.3. The minimum absolute atomic E-state index is 0.0444. The number of benzene rings is 3. The van der Waals surface area contributed by atoms with Gasteiger partial charge in [0, 0.05) is 48.8 Å².